The van der Waals surface area contributed by atoms with Gasteiger partial charge in [0.25, 0.3) is 0 Å². The molecule has 1 aromatic carbocycles. The Labute approximate surface area is 142 Å². The zero-order valence-corrected chi connectivity index (χ0v) is 13.9. The van der Waals surface area contributed by atoms with Crippen LogP contribution in [0.3, 0.4) is 0 Å². The first kappa shape index (κ1) is 17.2. The van der Waals surface area contributed by atoms with E-state index in [1.54, 1.807) is 0 Å². The number of carbonyl (C=O) groups excluding carboxylic acids is 1. The maximum absolute atomic E-state index is 12.1. The van der Waals surface area contributed by atoms with Crippen molar-refractivity contribution in [2.24, 2.45) is 5.92 Å². The molecule has 2 fully saturated rings. The second-order valence-corrected chi connectivity index (χ2v) is 6.34. The molecular formula is C18H26N2O4. The van der Waals surface area contributed by atoms with Gasteiger partial charge < -0.3 is 24.8 Å². The Morgan fingerprint density at radius 3 is 2.42 bits per heavy atom. The lowest BCUT2D eigenvalue weighted by Crippen LogP contribution is -2.36. The Morgan fingerprint density at radius 2 is 1.75 bits per heavy atom. The Balaban J connectivity index is 1.49. The minimum Gasteiger partial charge on any atom is -0.387 e. The lowest BCUT2D eigenvalue weighted by atomic mass is 9.99. The summed E-state index contributed by atoms with van der Waals surface area (Å²) in [5.74, 6) is 0.0249. The minimum absolute atomic E-state index is 0.00893. The highest BCUT2D eigenvalue weighted by atomic mass is 16.5. The van der Waals surface area contributed by atoms with Crippen molar-refractivity contribution in [3.05, 3.63) is 29.8 Å². The number of rotatable bonds is 5. The van der Waals surface area contributed by atoms with E-state index in [1.165, 1.54) is 0 Å². The van der Waals surface area contributed by atoms with Gasteiger partial charge in [0, 0.05) is 44.5 Å². The number of hydrogen-bond acceptors (Lipinski definition) is 5. The van der Waals surface area contributed by atoms with Gasteiger partial charge in [-0.2, -0.15) is 0 Å². The van der Waals surface area contributed by atoms with Gasteiger partial charge in [-0.1, -0.05) is 12.1 Å². The van der Waals surface area contributed by atoms with Crippen LogP contribution in [0.25, 0.3) is 0 Å². The van der Waals surface area contributed by atoms with Crippen LogP contribution in [0.15, 0.2) is 24.3 Å². The molecule has 0 aliphatic carbocycles. The number of anilines is 1. The normalized spacial score (nSPS) is 20.6. The molecule has 2 aliphatic heterocycles. The quantitative estimate of drug-likeness (QED) is 0.844. The fourth-order valence-electron chi connectivity index (χ4n) is 3.15. The largest absolute Gasteiger partial charge is 0.387 e. The summed E-state index contributed by atoms with van der Waals surface area (Å²) in [6.45, 7) is 4.82. The van der Waals surface area contributed by atoms with E-state index < -0.39 is 6.10 Å². The summed E-state index contributed by atoms with van der Waals surface area (Å²) in [6, 6.07) is 7.89. The van der Waals surface area contributed by atoms with E-state index in [0.717, 1.165) is 50.4 Å². The molecule has 1 amide bonds. The van der Waals surface area contributed by atoms with Crippen molar-refractivity contribution in [3.8, 4) is 0 Å². The topological polar surface area (TPSA) is 71.0 Å². The zero-order chi connectivity index (χ0) is 16.8. The van der Waals surface area contributed by atoms with Crippen LogP contribution in [0.4, 0.5) is 5.69 Å². The fourth-order valence-corrected chi connectivity index (χ4v) is 3.15. The summed E-state index contributed by atoms with van der Waals surface area (Å²) >= 11 is 0. The van der Waals surface area contributed by atoms with E-state index >= 15 is 0 Å². The van der Waals surface area contributed by atoms with Gasteiger partial charge in [-0.3, -0.25) is 4.79 Å². The number of ether oxygens (including phenoxy) is 2. The van der Waals surface area contributed by atoms with Gasteiger partial charge in [0.2, 0.25) is 5.91 Å². The van der Waals surface area contributed by atoms with Crippen LogP contribution in [-0.4, -0.2) is 57.1 Å². The Morgan fingerprint density at radius 1 is 1.12 bits per heavy atom. The van der Waals surface area contributed by atoms with Crippen LogP contribution < -0.4 is 10.2 Å². The summed E-state index contributed by atoms with van der Waals surface area (Å²) in [5.41, 5.74) is 1.96. The second-order valence-electron chi connectivity index (χ2n) is 6.34. The molecule has 132 valence electrons. The van der Waals surface area contributed by atoms with Crippen LogP contribution >= 0.6 is 0 Å². The van der Waals surface area contributed by atoms with Gasteiger partial charge in [0.1, 0.15) is 0 Å². The van der Waals surface area contributed by atoms with Crippen LogP contribution in [-0.2, 0) is 14.3 Å². The molecule has 6 heteroatoms. The summed E-state index contributed by atoms with van der Waals surface area (Å²) in [5, 5.41) is 13.2. The van der Waals surface area contributed by atoms with E-state index in [-0.39, 0.29) is 18.4 Å². The van der Waals surface area contributed by atoms with E-state index in [2.05, 4.69) is 10.2 Å². The smallest absolute Gasteiger partial charge is 0.223 e. The Hall–Kier alpha value is -1.63. The van der Waals surface area contributed by atoms with Gasteiger partial charge in [-0.05, 0) is 30.5 Å². The van der Waals surface area contributed by atoms with Crippen molar-refractivity contribution < 1.29 is 19.4 Å². The zero-order valence-electron chi connectivity index (χ0n) is 13.9. The van der Waals surface area contributed by atoms with Crippen LogP contribution in [0.2, 0.25) is 0 Å². The second kappa shape index (κ2) is 8.46. The number of hydrogen-bond donors (Lipinski definition) is 2. The predicted molar refractivity (Wildman–Crippen MR) is 91.0 cm³/mol. The lowest BCUT2D eigenvalue weighted by Gasteiger charge is -2.29. The molecule has 1 aromatic rings. The molecule has 6 nitrogen and oxygen atoms in total. The molecule has 1 atom stereocenters. The molecule has 2 aliphatic rings. The number of nitrogens with zero attached hydrogens (tertiary/aromatic N) is 1. The SMILES string of the molecule is O=C(NCC(O)c1ccc(N2CCOCC2)cc1)C1CCOCC1. The molecule has 0 spiro atoms. The molecule has 1 unspecified atom stereocenters. The molecule has 0 bridgehead atoms. The first-order valence-corrected chi connectivity index (χ1v) is 8.70. The van der Waals surface area contributed by atoms with Gasteiger partial charge in [-0.15, -0.1) is 0 Å². The minimum atomic E-state index is -0.687. The van der Waals surface area contributed by atoms with Crippen molar-refractivity contribution in [2.45, 2.75) is 18.9 Å². The number of amides is 1. The van der Waals surface area contributed by atoms with Crippen molar-refractivity contribution in [2.75, 3.05) is 51.0 Å². The first-order valence-electron chi connectivity index (χ1n) is 8.70. The van der Waals surface area contributed by atoms with E-state index in [1.807, 2.05) is 24.3 Å². The van der Waals surface area contributed by atoms with Gasteiger partial charge in [-0.25, -0.2) is 0 Å². The van der Waals surface area contributed by atoms with Gasteiger partial charge in [0.05, 0.1) is 19.3 Å². The third kappa shape index (κ3) is 4.47. The number of nitrogens with one attached hydrogen (secondary N) is 1. The predicted octanol–water partition coefficient (Wildman–Crippen LogP) is 1.10. The molecule has 0 saturated carbocycles. The average Bonchev–Trinajstić information content (AvgIpc) is 2.67. The number of benzene rings is 1. The van der Waals surface area contributed by atoms with Crippen molar-refractivity contribution in [1.82, 2.24) is 5.32 Å². The number of carbonyl (C=O) groups is 1. The highest BCUT2D eigenvalue weighted by Crippen LogP contribution is 2.20. The molecule has 2 heterocycles. The number of aliphatic hydroxyl groups excluding tert-OH is 1. The Bertz CT molecular complexity index is 522. The Kier molecular flexibility index (Phi) is 6.07. The third-order valence-corrected chi connectivity index (χ3v) is 4.72. The molecule has 2 N–H and O–H groups in total. The van der Waals surface area contributed by atoms with Gasteiger partial charge >= 0.3 is 0 Å². The first-order chi connectivity index (χ1) is 11.7. The maximum atomic E-state index is 12.1. The van der Waals surface area contributed by atoms with Crippen molar-refractivity contribution in [3.63, 3.8) is 0 Å². The van der Waals surface area contributed by atoms with Gasteiger partial charge in [0.15, 0.2) is 0 Å². The van der Waals surface area contributed by atoms with Crippen molar-refractivity contribution >= 4 is 11.6 Å². The number of aliphatic hydroxyl groups is 1. The molecule has 0 radical (unpaired) electrons. The van der Waals surface area contributed by atoms with E-state index in [0.29, 0.717) is 13.2 Å². The lowest BCUT2D eigenvalue weighted by molar-refractivity contribution is -0.128. The van der Waals surface area contributed by atoms with Crippen LogP contribution in [0.1, 0.15) is 24.5 Å². The van der Waals surface area contributed by atoms with Crippen LogP contribution in [0, 0.1) is 5.92 Å². The molecule has 0 aromatic heterocycles. The summed E-state index contributed by atoms with van der Waals surface area (Å²) in [4.78, 5) is 14.4. The molecule has 3 rings (SSSR count). The van der Waals surface area contributed by atoms with Crippen molar-refractivity contribution in [1.29, 1.82) is 0 Å². The maximum Gasteiger partial charge on any atom is 0.223 e. The highest BCUT2D eigenvalue weighted by molar-refractivity contribution is 5.78. The highest BCUT2D eigenvalue weighted by Gasteiger charge is 2.22. The molecule has 2 saturated heterocycles. The fraction of sp³-hybridized carbons (Fsp3) is 0.611. The average molecular weight is 334 g/mol. The number of morpholine rings is 1. The molecular weight excluding hydrogens is 308 g/mol. The monoisotopic (exact) mass is 334 g/mol. The van der Waals surface area contributed by atoms with E-state index in [4.69, 9.17) is 9.47 Å². The third-order valence-electron chi connectivity index (χ3n) is 4.72. The van der Waals surface area contributed by atoms with Crippen LogP contribution in [0.5, 0.6) is 0 Å². The summed E-state index contributed by atoms with van der Waals surface area (Å²) < 4.78 is 10.6. The molecule has 24 heavy (non-hydrogen) atoms. The summed E-state index contributed by atoms with van der Waals surface area (Å²) in [6.07, 6.45) is 0.833. The summed E-state index contributed by atoms with van der Waals surface area (Å²) in [7, 11) is 0. The van der Waals surface area contributed by atoms with E-state index in [9.17, 15) is 9.90 Å². The standard InChI is InChI=1S/C18H26N2O4/c21-17(13-19-18(22)15-5-9-23-10-6-15)14-1-3-16(4-2-14)20-7-11-24-12-8-20/h1-4,15,17,21H,5-13H2,(H,19,22).